The van der Waals surface area contributed by atoms with Crippen molar-refractivity contribution in [3.8, 4) is 22.5 Å². The summed E-state index contributed by atoms with van der Waals surface area (Å²) < 4.78 is 8.63. The molecule has 0 amide bonds. The number of furan rings is 1. The molecule has 1 radical (unpaired) electrons. The molecule has 0 N–H and O–H groups in total. The van der Waals surface area contributed by atoms with Crippen LogP contribution in [-0.4, -0.2) is 18.0 Å². The Balaban J connectivity index is 0.000000166. The van der Waals surface area contributed by atoms with Crippen LogP contribution in [0.1, 0.15) is 36.1 Å². The second kappa shape index (κ2) is 14.8. The molecule has 0 aliphatic rings. The summed E-state index contributed by atoms with van der Waals surface area (Å²) >= 11 is 1.84. The Hall–Kier alpha value is -4.71. The zero-order valence-electron chi connectivity index (χ0n) is 31.7. The smallest absolute Gasteiger partial charge is 0.121 e. The molecule has 0 aliphatic heterocycles. The number of hydrogen-bond acceptors (Lipinski definition) is 4. The van der Waals surface area contributed by atoms with Gasteiger partial charge in [-0.3, -0.25) is 0 Å². The van der Waals surface area contributed by atoms with Gasteiger partial charge in [-0.25, -0.2) is 0 Å². The molecule has 6 heteroatoms. The second-order valence-corrected chi connectivity index (χ2v) is 21.6. The van der Waals surface area contributed by atoms with Gasteiger partial charge in [0.2, 0.25) is 0 Å². The number of fused-ring (bicyclic) bond motifs is 6. The predicted molar refractivity (Wildman–Crippen MR) is 228 cm³/mol. The summed E-state index contributed by atoms with van der Waals surface area (Å²) in [7, 11) is -1.32. The number of aryl methyl sites for hydroxylation is 2. The van der Waals surface area contributed by atoms with Gasteiger partial charge in [-0.05, 0) is 68.5 Å². The third-order valence-electron chi connectivity index (χ3n) is 10.4. The third kappa shape index (κ3) is 7.00. The number of nitrogens with zero attached hydrogens (tertiary/aromatic N) is 2. The van der Waals surface area contributed by atoms with E-state index in [-0.39, 0.29) is 25.5 Å². The van der Waals surface area contributed by atoms with Crippen LogP contribution in [0.15, 0.2) is 132 Å². The van der Waals surface area contributed by atoms with E-state index in [4.69, 9.17) is 9.40 Å². The summed E-state index contributed by atoms with van der Waals surface area (Å²) in [5.41, 5.74) is 10.7. The first-order chi connectivity index (χ1) is 25.5. The molecule has 3 nitrogen and oxygen atoms in total. The van der Waals surface area contributed by atoms with Crippen LogP contribution in [0.3, 0.4) is 0 Å². The van der Waals surface area contributed by atoms with E-state index < -0.39 is 8.07 Å². The molecule has 0 saturated heterocycles. The van der Waals surface area contributed by atoms with Gasteiger partial charge in [0.05, 0.1) is 13.7 Å². The normalized spacial score (nSPS) is 11.8. The molecule has 5 aromatic carbocycles. The van der Waals surface area contributed by atoms with Gasteiger partial charge in [0.1, 0.15) is 5.58 Å². The van der Waals surface area contributed by atoms with E-state index >= 15 is 0 Å². The molecule has 9 aromatic rings. The van der Waals surface area contributed by atoms with E-state index in [1.54, 1.807) is 0 Å². The average Bonchev–Trinajstić information content (AvgIpc) is 3.75. The van der Waals surface area contributed by atoms with Crippen LogP contribution in [0, 0.1) is 26.0 Å². The quantitative estimate of drug-likeness (QED) is 0.128. The zero-order chi connectivity index (χ0) is 36.9. The Morgan fingerprint density at radius 1 is 0.667 bits per heavy atom. The molecule has 9 rings (SSSR count). The molecular formula is C48H42IrN2OSSi-2. The topological polar surface area (TPSA) is 38.9 Å². The Morgan fingerprint density at radius 2 is 1.44 bits per heavy atom. The fraction of sp³-hybridized carbons (Fsp3) is 0.167. The molecule has 0 unspecified atom stereocenters. The number of aromatic nitrogens is 2. The molecular weight excluding hydrogens is 873 g/mol. The van der Waals surface area contributed by atoms with Gasteiger partial charge >= 0.3 is 0 Å². The molecule has 54 heavy (non-hydrogen) atoms. The summed E-state index contributed by atoms with van der Waals surface area (Å²) in [6.45, 7) is 15.9. The molecule has 0 fully saturated rings. The van der Waals surface area contributed by atoms with E-state index in [1.807, 2.05) is 35.7 Å². The number of thiophene rings is 1. The van der Waals surface area contributed by atoms with Crippen LogP contribution in [0.2, 0.25) is 19.6 Å². The van der Waals surface area contributed by atoms with Crippen molar-refractivity contribution in [3.63, 3.8) is 0 Å². The maximum atomic E-state index is 6.01. The first-order valence-electron chi connectivity index (χ1n) is 18.1. The van der Waals surface area contributed by atoms with Crippen molar-refractivity contribution in [1.29, 1.82) is 0 Å². The molecule has 0 aliphatic carbocycles. The van der Waals surface area contributed by atoms with Gasteiger partial charge in [-0.1, -0.05) is 130 Å². The van der Waals surface area contributed by atoms with Crippen molar-refractivity contribution in [3.05, 3.63) is 162 Å². The number of rotatable bonds is 5. The van der Waals surface area contributed by atoms with Crippen molar-refractivity contribution in [2.75, 3.05) is 0 Å². The minimum absolute atomic E-state index is 0. The average molecular weight is 915 g/mol. The van der Waals surface area contributed by atoms with Gasteiger partial charge in [0.15, 0.2) is 0 Å². The van der Waals surface area contributed by atoms with Gasteiger partial charge in [-0.15, -0.1) is 47.0 Å². The first-order valence-corrected chi connectivity index (χ1v) is 22.5. The van der Waals surface area contributed by atoms with Crippen LogP contribution in [0.25, 0.3) is 64.6 Å². The minimum atomic E-state index is -1.32. The van der Waals surface area contributed by atoms with E-state index in [0.717, 1.165) is 39.1 Å². The standard InChI is InChI=1S/C27H22NO.C21H20NSSi.Ir/c1-18-8-7-11-25-26(18)22-16-19(12-13-24(22)29-25)23-17-21(14-15-28-23)27(2,3)20-9-5-4-6-10-20;1-14-9-11-16(18-12-10-15(13-22-18)24(2,3)4)21-20(14)17-7-5-6-8-19(17)23-21;/h4-11,13-17H,1-3H3;5-10,12-13H,1-4H3;/q2*-1;. The van der Waals surface area contributed by atoms with Gasteiger partial charge in [0.25, 0.3) is 0 Å². The van der Waals surface area contributed by atoms with Crippen molar-refractivity contribution in [1.82, 2.24) is 9.97 Å². The fourth-order valence-corrected chi connectivity index (χ4v) is 9.51. The van der Waals surface area contributed by atoms with E-state index in [0.29, 0.717) is 0 Å². The van der Waals surface area contributed by atoms with Gasteiger partial charge in [0, 0.05) is 48.0 Å². The number of benzene rings is 5. The maximum absolute atomic E-state index is 6.01. The van der Waals surface area contributed by atoms with Crippen molar-refractivity contribution < 1.29 is 24.5 Å². The summed E-state index contributed by atoms with van der Waals surface area (Å²) in [5, 5.41) is 6.36. The van der Waals surface area contributed by atoms with Crippen LogP contribution in [0.5, 0.6) is 0 Å². The summed E-state index contributed by atoms with van der Waals surface area (Å²) in [4.78, 5) is 9.42. The Morgan fingerprint density at radius 3 is 2.20 bits per heavy atom. The van der Waals surface area contributed by atoms with Crippen molar-refractivity contribution in [2.45, 2.75) is 52.8 Å². The SMILES string of the molecule is Cc1c[c-]c(-c2ccc([Si](C)(C)C)cn2)c2sc3ccccc3c12.Cc1cccc2oc3c[c-]c(-c4cc(C(C)(C)c5ccccc5)ccn4)cc3c12.[Ir]. The minimum Gasteiger partial charge on any atom is -0.500 e. The molecule has 0 atom stereocenters. The summed E-state index contributed by atoms with van der Waals surface area (Å²) in [5.74, 6) is 0. The van der Waals surface area contributed by atoms with Gasteiger partial charge < -0.3 is 14.4 Å². The van der Waals surface area contributed by atoms with Gasteiger partial charge in [-0.2, -0.15) is 11.3 Å². The van der Waals surface area contributed by atoms with Crippen molar-refractivity contribution in [2.24, 2.45) is 0 Å². The maximum Gasteiger partial charge on any atom is 0.121 e. The molecule has 0 bridgehead atoms. The zero-order valence-corrected chi connectivity index (χ0v) is 35.9. The first kappa shape index (κ1) is 37.6. The van der Waals surface area contributed by atoms with Crippen LogP contribution in [-0.2, 0) is 25.5 Å². The monoisotopic (exact) mass is 915 g/mol. The fourth-order valence-electron chi connectivity index (χ4n) is 7.19. The van der Waals surface area contributed by atoms with Crippen LogP contribution >= 0.6 is 11.3 Å². The second-order valence-electron chi connectivity index (χ2n) is 15.4. The molecule has 271 valence electrons. The molecule has 4 aromatic heterocycles. The van der Waals surface area contributed by atoms with Crippen LogP contribution in [0.4, 0.5) is 0 Å². The van der Waals surface area contributed by atoms with E-state index in [2.05, 4.69) is 168 Å². The summed E-state index contributed by atoms with van der Waals surface area (Å²) in [6.07, 6.45) is 3.96. The van der Waals surface area contributed by atoms with Crippen molar-refractivity contribution >= 4 is 66.7 Å². The third-order valence-corrected chi connectivity index (χ3v) is 13.6. The van der Waals surface area contributed by atoms with E-state index in [9.17, 15) is 0 Å². The van der Waals surface area contributed by atoms with E-state index in [1.165, 1.54) is 53.0 Å². The largest absolute Gasteiger partial charge is 0.500 e. The molecule has 0 saturated carbocycles. The summed E-state index contributed by atoms with van der Waals surface area (Å²) in [6, 6.07) is 47.1. The Bertz CT molecular complexity index is 2760. The molecule has 0 spiro atoms. The predicted octanol–water partition coefficient (Wildman–Crippen LogP) is 12.9. The number of pyridine rings is 2. The Labute approximate surface area is 336 Å². The molecule has 4 heterocycles. The van der Waals surface area contributed by atoms with Crippen LogP contribution < -0.4 is 5.19 Å². The Kier molecular flexibility index (Phi) is 10.3. The number of hydrogen-bond donors (Lipinski definition) is 0.